The molecule has 0 spiro atoms. The molecule has 0 unspecified atom stereocenters. The molecule has 0 aliphatic carbocycles. The van der Waals surface area contributed by atoms with Crippen LogP contribution in [0.25, 0.3) is 0 Å². The van der Waals surface area contributed by atoms with E-state index in [0.29, 0.717) is 0 Å². The van der Waals surface area contributed by atoms with Crippen molar-refractivity contribution in [1.82, 2.24) is 5.32 Å². The van der Waals surface area contributed by atoms with Crippen LogP contribution in [0.4, 0.5) is 0 Å². The van der Waals surface area contributed by atoms with Crippen LogP contribution in [-0.4, -0.2) is 19.8 Å². The molecule has 1 N–H and O–H groups in total. The maximum atomic E-state index is 5.43. The minimum atomic E-state index is 0.871. The molecule has 1 rings (SSSR count). The summed E-state index contributed by atoms with van der Waals surface area (Å²) in [6.45, 7) is 8.06. The van der Waals surface area contributed by atoms with Gasteiger partial charge in [0.25, 0.3) is 0 Å². The van der Waals surface area contributed by atoms with Crippen molar-refractivity contribution in [3.8, 4) is 0 Å². The van der Waals surface area contributed by atoms with E-state index >= 15 is 0 Å². The molecule has 1 aromatic carbocycles. The Morgan fingerprint density at radius 2 is 1.71 bits per heavy atom. The molecule has 0 bridgehead atoms. The van der Waals surface area contributed by atoms with Crippen molar-refractivity contribution in [2.24, 2.45) is 0 Å². The van der Waals surface area contributed by atoms with Crippen LogP contribution >= 0.6 is 0 Å². The van der Waals surface area contributed by atoms with Crippen LogP contribution < -0.4 is 5.32 Å². The lowest BCUT2D eigenvalue weighted by atomic mass is 10.1. The van der Waals surface area contributed by atoms with Crippen LogP contribution in [-0.2, 0) is 17.7 Å². The molecule has 96 valence electrons. The van der Waals surface area contributed by atoms with E-state index in [4.69, 9.17) is 4.74 Å². The van der Waals surface area contributed by atoms with Crippen molar-refractivity contribution in [3.63, 3.8) is 0 Å². The van der Waals surface area contributed by atoms with Crippen molar-refractivity contribution in [2.45, 2.75) is 39.7 Å². The smallest absolute Gasteiger partial charge is 0.0478 e. The second-order valence-corrected chi connectivity index (χ2v) is 4.31. The van der Waals surface area contributed by atoms with Gasteiger partial charge in [-0.15, -0.1) is 0 Å². The Morgan fingerprint density at radius 1 is 1.00 bits per heavy atom. The van der Waals surface area contributed by atoms with Crippen LogP contribution in [0.15, 0.2) is 24.3 Å². The van der Waals surface area contributed by atoms with Gasteiger partial charge in [-0.2, -0.15) is 0 Å². The normalized spacial score (nSPS) is 10.7. The van der Waals surface area contributed by atoms with Crippen LogP contribution in [0, 0.1) is 0 Å². The number of nitrogens with one attached hydrogen (secondary N) is 1. The van der Waals surface area contributed by atoms with E-state index in [1.54, 1.807) is 0 Å². The van der Waals surface area contributed by atoms with E-state index in [1.807, 2.05) is 0 Å². The molecule has 0 aromatic heterocycles. The lowest BCUT2D eigenvalue weighted by Gasteiger charge is -2.06. The average molecular weight is 235 g/mol. The Balaban J connectivity index is 2.05. The molecule has 0 saturated heterocycles. The average Bonchev–Trinajstić information content (AvgIpc) is 2.38. The largest absolute Gasteiger partial charge is 0.381 e. The summed E-state index contributed by atoms with van der Waals surface area (Å²) >= 11 is 0. The molecular formula is C15H25NO. The van der Waals surface area contributed by atoms with Crippen LogP contribution in [0.2, 0.25) is 0 Å². The van der Waals surface area contributed by atoms with Crippen molar-refractivity contribution in [1.29, 1.82) is 0 Å². The van der Waals surface area contributed by atoms with E-state index in [0.717, 1.165) is 45.6 Å². The minimum Gasteiger partial charge on any atom is -0.381 e. The van der Waals surface area contributed by atoms with Crippen molar-refractivity contribution >= 4 is 0 Å². The standard InChI is InChI=1S/C15H25NO/c1-3-11-17-12-5-10-16-13-15-8-6-14(4-2)7-9-15/h6-9,16H,3-5,10-13H2,1-2H3. The zero-order chi connectivity index (χ0) is 12.3. The molecule has 0 atom stereocenters. The molecule has 0 amide bonds. The number of benzene rings is 1. The van der Waals surface area contributed by atoms with Gasteiger partial charge in [0.1, 0.15) is 0 Å². The van der Waals surface area contributed by atoms with Gasteiger partial charge in [0, 0.05) is 19.8 Å². The maximum Gasteiger partial charge on any atom is 0.0478 e. The third-order valence-corrected chi connectivity index (χ3v) is 2.75. The van der Waals surface area contributed by atoms with E-state index in [1.165, 1.54) is 11.1 Å². The van der Waals surface area contributed by atoms with Gasteiger partial charge in [0.15, 0.2) is 0 Å². The molecule has 0 aliphatic rings. The third-order valence-electron chi connectivity index (χ3n) is 2.75. The summed E-state index contributed by atoms with van der Waals surface area (Å²) in [6, 6.07) is 8.83. The van der Waals surface area contributed by atoms with Gasteiger partial charge in [-0.3, -0.25) is 0 Å². The van der Waals surface area contributed by atoms with Gasteiger partial charge < -0.3 is 10.1 Å². The zero-order valence-corrected chi connectivity index (χ0v) is 11.2. The van der Waals surface area contributed by atoms with Crippen LogP contribution in [0.5, 0.6) is 0 Å². The van der Waals surface area contributed by atoms with Gasteiger partial charge in [-0.25, -0.2) is 0 Å². The van der Waals surface area contributed by atoms with E-state index < -0.39 is 0 Å². The first-order chi connectivity index (χ1) is 8.36. The minimum absolute atomic E-state index is 0.871. The molecule has 2 heteroatoms. The predicted octanol–water partition coefficient (Wildman–Crippen LogP) is 3.16. The summed E-state index contributed by atoms with van der Waals surface area (Å²) in [5, 5.41) is 3.44. The predicted molar refractivity (Wildman–Crippen MR) is 73.3 cm³/mol. The molecule has 0 saturated carbocycles. The quantitative estimate of drug-likeness (QED) is 0.664. The van der Waals surface area contributed by atoms with E-state index in [2.05, 4.69) is 43.4 Å². The monoisotopic (exact) mass is 235 g/mol. The number of rotatable bonds is 9. The maximum absolute atomic E-state index is 5.43. The highest BCUT2D eigenvalue weighted by molar-refractivity contribution is 5.22. The summed E-state index contributed by atoms with van der Waals surface area (Å²) in [5.74, 6) is 0. The third kappa shape index (κ3) is 6.44. The number of hydrogen-bond acceptors (Lipinski definition) is 2. The molecule has 0 aliphatic heterocycles. The van der Waals surface area contributed by atoms with E-state index in [-0.39, 0.29) is 0 Å². The van der Waals surface area contributed by atoms with Gasteiger partial charge in [0.2, 0.25) is 0 Å². The summed E-state index contributed by atoms with van der Waals surface area (Å²) in [5.41, 5.74) is 2.76. The highest BCUT2D eigenvalue weighted by Gasteiger charge is 1.93. The Bertz CT molecular complexity index is 281. The number of hydrogen-bond donors (Lipinski definition) is 1. The summed E-state index contributed by atoms with van der Waals surface area (Å²) < 4.78 is 5.43. The van der Waals surface area contributed by atoms with Crippen molar-refractivity contribution in [3.05, 3.63) is 35.4 Å². The molecule has 0 heterocycles. The SMILES string of the molecule is CCCOCCCNCc1ccc(CC)cc1. The topological polar surface area (TPSA) is 21.3 Å². The van der Waals surface area contributed by atoms with Crippen molar-refractivity contribution in [2.75, 3.05) is 19.8 Å². The Labute approximate surface area is 105 Å². The molecular weight excluding hydrogens is 210 g/mol. The van der Waals surface area contributed by atoms with E-state index in [9.17, 15) is 0 Å². The lowest BCUT2D eigenvalue weighted by Crippen LogP contribution is -2.16. The Morgan fingerprint density at radius 3 is 2.35 bits per heavy atom. The first-order valence-corrected chi connectivity index (χ1v) is 6.73. The number of aryl methyl sites for hydroxylation is 1. The molecule has 0 fully saturated rings. The first-order valence-electron chi connectivity index (χ1n) is 6.73. The highest BCUT2D eigenvalue weighted by atomic mass is 16.5. The summed E-state index contributed by atoms with van der Waals surface area (Å²) in [7, 11) is 0. The van der Waals surface area contributed by atoms with Gasteiger partial charge >= 0.3 is 0 Å². The van der Waals surface area contributed by atoms with Gasteiger partial charge in [0.05, 0.1) is 0 Å². The second-order valence-electron chi connectivity index (χ2n) is 4.31. The number of ether oxygens (including phenoxy) is 1. The molecule has 0 radical (unpaired) electrons. The zero-order valence-electron chi connectivity index (χ0n) is 11.2. The van der Waals surface area contributed by atoms with Crippen LogP contribution in [0.3, 0.4) is 0 Å². The fourth-order valence-electron chi connectivity index (χ4n) is 1.67. The summed E-state index contributed by atoms with van der Waals surface area (Å²) in [6.07, 6.45) is 3.31. The van der Waals surface area contributed by atoms with Crippen LogP contribution in [0.1, 0.15) is 37.8 Å². The fourth-order valence-corrected chi connectivity index (χ4v) is 1.67. The second kappa shape index (κ2) is 9.20. The Kier molecular flexibility index (Phi) is 7.69. The first kappa shape index (κ1) is 14.2. The summed E-state index contributed by atoms with van der Waals surface area (Å²) in [4.78, 5) is 0. The van der Waals surface area contributed by atoms with Gasteiger partial charge in [-0.1, -0.05) is 38.1 Å². The van der Waals surface area contributed by atoms with Gasteiger partial charge in [-0.05, 0) is 36.9 Å². The molecule has 17 heavy (non-hydrogen) atoms. The Hall–Kier alpha value is -0.860. The van der Waals surface area contributed by atoms with Crippen molar-refractivity contribution < 1.29 is 4.74 Å². The highest BCUT2D eigenvalue weighted by Crippen LogP contribution is 2.04. The lowest BCUT2D eigenvalue weighted by molar-refractivity contribution is 0.132. The molecule has 2 nitrogen and oxygen atoms in total. The fraction of sp³-hybridized carbons (Fsp3) is 0.600. The molecule has 1 aromatic rings.